The van der Waals surface area contributed by atoms with Crippen molar-refractivity contribution in [1.29, 1.82) is 0 Å². The molecule has 2 N–H and O–H groups in total. The first kappa shape index (κ1) is 16.5. The quantitative estimate of drug-likeness (QED) is 0.892. The number of para-hydroxylation sites is 1. The van der Waals surface area contributed by atoms with Crippen molar-refractivity contribution in [3.05, 3.63) is 59.9 Å². The molecule has 3 rings (SSSR count). The van der Waals surface area contributed by atoms with Crippen LogP contribution >= 0.6 is 0 Å². The second-order valence-electron chi connectivity index (χ2n) is 6.26. The summed E-state index contributed by atoms with van der Waals surface area (Å²) in [5.41, 5.74) is 2.33. The normalized spacial score (nSPS) is 15.3. The molecule has 0 radical (unpaired) electrons. The maximum atomic E-state index is 13.5. The van der Waals surface area contributed by atoms with Gasteiger partial charge in [0.15, 0.2) is 6.54 Å². The SMILES string of the molecule is Cc1ccc(NC(=O)C[NH+]2CCN(c3ccccc3)CC2)cc1F. The summed E-state index contributed by atoms with van der Waals surface area (Å²) in [4.78, 5) is 15.8. The average Bonchev–Trinajstić information content (AvgIpc) is 2.59. The topological polar surface area (TPSA) is 36.8 Å². The highest BCUT2D eigenvalue weighted by molar-refractivity contribution is 5.91. The van der Waals surface area contributed by atoms with Gasteiger partial charge in [-0.05, 0) is 36.8 Å². The molecular weight excluding hydrogens is 305 g/mol. The van der Waals surface area contributed by atoms with Gasteiger partial charge in [0.25, 0.3) is 5.91 Å². The Morgan fingerprint density at radius 1 is 1.17 bits per heavy atom. The van der Waals surface area contributed by atoms with Crippen molar-refractivity contribution >= 4 is 17.3 Å². The number of nitrogens with one attached hydrogen (secondary N) is 2. The Kier molecular flexibility index (Phi) is 5.11. The molecule has 0 atom stereocenters. The number of piperazine rings is 1. The van der Waals surface area contributed by atoms with Gasteiger partial charge in [-0.1, -0.05) is 24.3 Å². The van der Waals surface area contributed by atoms with Gasteiger partial charge in [0.1, 0.15) is 5.82 Å². The predicted molar refractivity (Wildman–Crippen MR) is 94.0 cm³/mol. The second kappa shape index (κ2) is 7.45. The maximum Gasteiger partial charge on any atom is 0.279 e. The fourth-order valence-electron chi connectivity index (χ4n) is 3.00. The van der Waals surface area contributed by atoms with Crippen LogP contribution in [0.3, 0.4) is 0 Å². The highest BCUT2D eigenvalue weighted by Crippen LogP contribution is 2.14. The number of quaternary nitrogens is 1. The first-order valence-electron chi connectivity index (χ1n) is 8.31. The van der Waals surface area contributed by atoms with Crippen molar-refractivity contribution in [3.8, 4) is 0 Å². The maximum absolute atomic E-state index is 13.5. The molecule has 0 bridgehead atoms. The standard InChI is InChI=1S/C19H22FN3O/c1-15-7-8-16(13-18(15)20)21-19(24)14-22-9-11-23(12-10-22)17-5-3-2-4-6-17/h2-8,13H,9-12,14H2,1H3,(H,21,24)/p+1. The number of rotatable bonds is 4. The van der Waals surface area contributed by atoms with Gasteiger partial charge in [-0.15, -0.1) is 0 Å². The minimum Gasteiger partial charge on any atom is -0.360 e. The summed E-state index contributed by atoms with van der Waals surface area (Å²) in [7, 11) is 0. The number of benzene rings is 2. The first-order valence-corrected chi connectivity index (χ1v) is 8.31. The number of halogens is 1. The minimum absolute atomic E-state index is 0.0681. The van der Waals surface area contributed by atoms with E-state index in [1.165, 1.54) is 16.7 Å². The minimum atomic E-state index is -0.295. The van der Waals surface area contributed by atoms with E-state index in [0.29, 0.717) is 17.8 Å². The monoisotopic (exact) mass is 328 g/mol. The van der Waals surface area contributed by atoms with Crippen LogP contribution < -0.4 is 15.1 Å². The zero-order valence-corrected chi connectivity index (χ0v) is 13.9. The molecule has 2 aromatic rings. The third-order valence-corrected chi connectivity index (χ3v) is 4.46. The molecule has 1 saturated heterocycles. The number of nitrogens with zero attached hydrogens (tertiary/aromatic N) is 1. The van der Waals surface area contributed by atoms with Crippen LogP contribution in [0.1, 0.15) is 5.56 Å². The molecule has 0 unspecified atom stereocenters. The molecule has 0 aliphatic carbocycles. The Bertz CT molecular complexity index is 697. The lowest BCUT2D eigenvalue weighted by Crippen LogP contribution is -3.15. The Balaban J connectivity index is 1.49. The molecule has 1 aliphatic rings. The zero-order valence-electron chi connectivity index (χ0n) is 13.9. The van der Waals surface area contributed by atoms with E-state index in [-0.39, 0.29) is 11.7 Å². The van der Waals surface area contributed by atoms with Crippen molar-refractivity contribution in [2.45, 2.75) is 6.92 Å². The van der Waals surface area contributed by atoms with E-state index in [2.05, 4.69) is 22.3 Å². The molecule has 2 aromatic carbocycles. The molecule has 1 heterocycles. The van der Waals surface area contributed by atoms with Crippen molar-refractivity contribution in [2.75, 3.05) is 42.9 Å². The number of carbonyl (C=O) groups is 1. The number of anilines is 2. The summed E-state index contributed by atoms with van der Waals surface area (Å²) in [5, 5.41) is 2.79. The third-order valence-electron chi connectivity index (χ3n) is 4.46. The van der Waals surface area contributed by atoms with Gasteiger partial charge in [-0.3, -0.25) is 4.79 Å². The fraction of sp³-hybridized carbons (Fsp3) is 0.316. The van der Waals surface area contributed by atoms with Crippen LogP contribution in [0, 0.1) is 12.7 Å². The molecule has 1 fully saturated rings. The van der Waals surface area contributed by atoms with Crippen molar-refractivity contribution in [3.63, 3.8) is 0 Å². The smallest absolute Gasteiger partial charge is 0.279 e. The summed E-state index contributed by atoms with van der Waals surface area (Å²) in [6, 6.07) is 15.1. The van der Waals surface area contributed by atoms with Crippen molar-refractivity contribution < 1.29 is 14.1 Å². The lowest BCUT2D eigenvalue weighted by atomic mass is 10.2. The van der Waals surface area contributed by atoms with E-state index in [0.717, 1.165) is 26.2 Å². The lowest BCUT2D eigenvalue weighted by Gasteiger charge is -2.33. The number of amides is 1. The van der Waals surface area contributed by atoms with Gasteiger partial charge in [-0.25, -0.2) is 4.39 Å². The van der Waals surface area contributed by atoms with Crippen molar-refractivity contribution in [1.82, 2.24) is 0 Å². The molecule has 0 saturated carbocycles. The summed E-state index contributed by atoms with van der Waals surface area (Å²) in [6.07, 6.45) is 0. The molecule has 0 spiro atoms. The Labute approximate surface area is 141 Å². The van der Waals surface area contributed by atoms with Gasteiger partial charge in [0.2, 0.25) is 0 Å². The highest BCUT2D eigenvalue weighted by Gasteiger charge is 2.22. The summed E-state index contributed by atoms with van der Waals surface area (Å²) < 4.78 is 13.5. The van der Waals surface area contributed by atoms with Gasteiger partial charge >= 0.3 is 0 Å². The van der Waals surface area contributed by atoms with Crippen molar-refractivity contribution in [2.24, 2.45) is 0 Å². The van der Waals surface area contributed by atoms with Gasteiger partial charge < -0.3 is 15.1 Å². The fourth-order valence-corrected chi connectivity index (χ4v) is 3.00. The molecular formula is C19H23FN3O+. The van der Waals surface area contributed by atoms with Crippen LogP contribution in [0.25, 0.3) is 0 Å². The lowest BCUT2D eigenvalue weighted by molar-refractivity contribution is -0.892. The third kappa shape index (κ3) is 4.11. The summed E-state index contributed by atoms with van der Waals surface area (Å²) in [5.74, 6) is -0.363. The molecule has 0 aromatic heterocycles. The van der Waals surface area contributed by atoms with E-state index >= 15 is 0 Å². The van der Waals surface area contributed by atoms with Gasteiger partial charge in [0.05, 0.1) is 26.2 Å². The largest absolute Gasteiger partial charge is 0.360 e. The molecule has 4 nitrogen and oxygen atoms in total. The number of hydrogen-bond donors (Lipinski definition) is 2. The average molecular weight is 328 g/mol. The van der Waals surface area contributed by atoms with E-state index in [4.69, 9.17) is 0 Å². The molecule has 1 aliphatic heterocycles. The van der Waals surface area contributed by atoms with Crippen LogP contribution in [-0.2, 0) is 4.79 Å². The first-order chi connectivity index (χ1) is 11.6. The molecule has 1 amide bonds. The number of hydrogen-bond acceptors (Lipinski definition) is 2. The van der Waals surface area contributed by atoms with Gasteiger partial charge in [0, 0.05) is 11.4 Å². The summed E-state index contributed by atoms with van der Waals surface area (Å²) in [6.45, 7) is 5.84. The van der Waals surface area contributed by atoms with Crippen LogP contribution in [0.4, 0.5) is 15.8 Å². The Morgan fingerprint density at radius 3 is 2.54 bits per heavy atom. The molecule has 24 heavy (non-hydrogen) atoms. The van der Waals surface area contributed by atoms with Gasteiger partial charge in [-0.2, -0.15) is 0 Å². The molecule has 126 valence electrons. The van der Waals surface area contributed by atoms with Crippen LogP contribution in [0.5, 0.6) is 0 Å². The molecule has 5 heteroatoms. The Morgan fingerprint density at radius 2 is 1.88 bits per heavy atom. The van der Waals surface area contributed by atoms with E-state index in [1.54, 1.807) is 19.1 Å². The second-order valence-corrected chi connectivity index (χ2v) is 6.26. The Hall–Kier alpha value is -2.40. The van der Waals surface area contributed by atoms with E-state index < -0.39 is 0 Å². The summed E-state index contributed by atoms with van der Waals surface area (Å²) >= 11 is 0. The predicted octanol–water partition coefficient (Wildman–Crippen LogP) is 1.48. The zero-order chi connectivity index (χ0) is 16.9. The van der Waals surface area contributed by atoms with Crippen LogP contribution in [0.2, 0.25) is 0 Å². The van der Waals surface area contributed by atoms with Crippen LogP contribution in [0.15, 0.2) is 48.5 Å². The van der Waals surface area contributed by atoms with E-state index in [1.807, 2.05) is 18.2 Å². The van der Waals surface area contributed by atoms with E-state index in [9.17, 15) is 9.18 Å². The van der Waals surface area contributed by atoms with Crippen LogP contribution in [-0.4, -0.2) is 38.6 Å². The number of aryl methyl sites for hydroxylation is 1. The number of carbonyl (C=O) groups excluding carboxylic acids is 1. The highest BCUT2D eigenvalue weighted by atomic mass is 19.1.